The van der Waals surface area contributed by atoms with Crippen LogP contribution in [0.15, 0.2) is 23.2 Å². The summed E-state index contributed by atoms with van der Waals surface area (Å²) in [7, 11) is 0. The molecule has 18 heavy (non-hydrogen) atoms. The number of imidazole rings is 1. The minimum absolute atomic E-state index is 0.217. The van der Waals surface area contributed by atoms with Gasteiger partial charge >= 0.3 is 0 Å². The van der Waals surface area contributed by atoms with Gasteiger partial charge in [0.2, 0.25) is 0 Å². The molecular weight excluding hydrogens is 292 g/mol. The zero-order valence-corrected chi connectivity index (χ0v) is 12.2. The maximum Gasteiger partial charge on any atom is 0.155 e. The van der Waals surface area contributed by atoms with Gasteiger partial charge in [0.15, 0.2) is 5.65 Å². The normalized spacial score (nSPS) is 16.4. The van der Waals surface area contributed by atoms with Crippen LogP contribution in [-0.4, -0.2) is 19.9 Å². The number of fused-ring (bicyclic) bond motifs is 1. The molecule has 1 N–H and O–H groups in total. The summed E-state index contributed by atoms with van der Waals surface area (Å²) >= 11 is 3.39. The molecule has 96 valence electrons. The summed E-state index contributed by atoms with van der Waals surface area (Å²) < 4.78 is 2.91. The van der Waals surface area contributed by atoms with Gasteiger partial charge in [0.05, 0.1) is 18.1 Å². The van der Waals surface area contributed by atoms with Gasteiger partial charge in [-0.3, -0.25) is 4.40 Å². The van der Waals surface area contributed by atoms with Crippen LogP contribution in [0, 0.1) is 5.92 Å². The van der Waals surface area contributed by atoms with Gasteiger partial charge in [0, 0.05) is 18.3 Å². The molecule has 1 saturated carbocycles. The van der Waals surface area contributed by atoms with Crippen molar-refractivity contribution < 1.29 is 0 Å². The van der Waals surface area contributed by atoms with Gasteiger partial charge < -0.3 is 5.32 Å². The van der Waals surface area contributed by atoms with E-state index < -0.39 is 0 Å². The van der Waals surface area contributed by atoms with Crippen LogP contribution in [0.1, 0.15) is 32.4 Å². The molecule has 0 amide bonds. The zero-order chi connectivity index (χ0) is 12.8. The van der Waals surface area contributed by atoms with Crippen molar-refractivity contribution >= 4 is 21.6 Å². The molecule has 5 heteroatoms. The number of rotatable bonds is 4. The molecule has 0 aliphatic heterocycles. The first-order chi connectivity index (χ1) is 8.56. The van der Waals surface area contributed by atoms with Crippen LogP contribution < -0.4 is 5.32 Å². The lowest BCUT2D eigenvalue weighted by molar-refractivity contribution is 0.337. The van der Waals surface area contributed by atoms with E-state index in [0.717, 1.165) is 22.7 Å². The quantitative estimate of drug-likeness (QED) is 0.944. The van der Waals surface area contributed by atoms with Crippen LogP contribution in [0.25, 0.3) is 5.65 Å². The van der Waals surface area contributed by atoms with Crippen molar-refractivity contribution in [2.75, 3.05) is 0 Å². The Morgan fingerprint density at radius 3 is 2.89 bits per heavy atom. The highest BCUT2D eigenvalue weighted by molar-refractivity contribution is 9.10. The minimum atomic E-state index is 0.217. The summed E-state index contributed by atoms with van der Waals surface area (Å²) in [6, 6.07) is 0. The lowest BCUT2D eigenvalue weighted by Gasteiger charge is -2.26. The Kier molecular flexibility index (Phi) is 2.90. The summed E-state index contributed by atoms with van der Waals surface area (Å²) in [5, 5.41) is 3.64. The van der Waals surface area contributed by atoms with E-state index in [4.69, 9.17) is 0 Å². The van der Waals surface area contributed by atoms with Crippen LogP contribution in [0.5, 0.6) is 0 Å². The molecule has 0 radical (unpaired) electrons. The number of nitrogens with zero attached hydrogens (tertiary/aromatic N) is 3. The second-order valence-electron chi connectivity index (χ2n) is 5.54. The summed E-state index contributed by atoms with van der Waals surface area (Å²) in [5.74, 6) is 0.824. The van der Waals surface area contributed by atoms with Gasteiger partial charge in [-0.2, -0.15) is 0 Å². The summed E-state index contributed by atoms with van der Waals surface area (Å²) in [5.41, 5.74) is 2.27. The highest BCUT2D eigenvalue weighted by atomic mass is 79.9. The Bertz CT molecular complexity index is 571. The maximum absolute atomic E-state index is 4.36. The van der Waals surface area contributed by atoms with Crippen LogP contribution in [-0.2, 0) is 6.54 Å². The van der Waals surface area contributed by atoms with E-state index in [1.165, 1.54) is 18.5 Å². The second-order valence-corrected chi connectivity index (χ2v) is 6.35. The Balaban J connectivity index is 1.80. The lowest BCUT2D eigenvalue weighted by Crippen LogP contribution is -2.41. The van der Waals surface area contributed by atoms with Gasteiger partial charge in [-0.25, -0.2) is 9.97 Å². The molecule has 0 spiro atoms. The first kappa shape index (κ1) is 12.1. The highest BCUT2D eigenvalue weighted by Crippen LogP contribution is 2.39. The van der Waals surface area contributed by atoms with Crippen molar-refractivity contribution in [3.63, 3.8) is 0 Å². The van der Waals surface area contributed by atoms with E-state index in [0.29, 0.717) is 0 Å². The molecule has 0 saturated heterocycles. The van der Waals surface area contributed by atoms with Gasteiger partial charge in [0.25, 0.3) is 0 Å². The molecule has 3 rings (SSSR count). The molecule has 4 nitrogen and oxygen atoms in total. The van der Waals surface area contributed by atoms with E-state index in [2.05, 4.69) is 49.5 Å². The topological polar surface area (TPSA) is 42.2 Å². The average Bonchev–Trinajstić information content (AvgIpc) is 3.10. The Morgan fingerprint density at radius 2 is 2.17 bits per heavy atom. The third-order valence-electron chi connectivity index (χ3n) is 3.76. The summed E-state index contributed by atoms with van der Waals surface area (Å²) in [4.78, 5) is 8.54. The smallest absolute Gasteiger partial charge is 0.155 e. The zero-order valence-electron chi connectivity index (χ0n) is 10.7. The predicted octanol–water partition coefficient (Wildman–Crippen LogP) is 2.77. The Morgan fingerprint density at radius 1 is 1.39 bits per heavy atom. The fourth-order valence-corrected chi connectivity index (χ4v) is 2.62. The molecule has 2 heterocycles. The number of hydrogen-bond donors (Lipinski definition) is 1. The molecule has 0 bridgehead atoms. The van der Waals surface area contributed by atoms with Gasteiger partial charge in [0.1, 0.15) is 4.60 Å². The molecule has 0 unspecified atom stereocenters. The largest absolute Gasteiger partial charge is 0.306 e. The van der Waals surface area contributed by atoms with E-state index in [-0.39, 0.29) is 5.54 Å². The average molecular weight is 309 g/mol. The van der Waals surface area contributed by atoms with E-state index in [9.17, 15) is 0 Å². The summed E-state index contributed by atoms with van der Waals surface area (Å²) in [6.45, 7) is 5.40. The highest BCUT2D eigenvalue weighted by Gasteiger charge is 2.37. The standard InChI is InChI=1S/C13H17BrN4/c1-13(2,9-3-4-9)17-6-10-5-16-12-7-15-11(14)8-18(10)12/h5,7-9,17H,3-4,6H2,1-2H3. The fourth-order valence-electron chi connectivity index (χ4n) is 2.31. The molecular formula is C13H17BrN4. The number of halogens is 1. The third kappa shape index (κ3) is 2.29. The minimum Gasteiger partial charge on any atom is -0.306 e. The number of aromatic nitrogens is 3. The lowest BCUT2D eigenvalue weighted by atomic mass is 9.99. The first-order valence-corrected chi connectivity index (χ1v) is 7.08. The first-order valence-electron chi connectivity index (χ1n) is 6.29. The van der Waals surface area contributed by atoms with Crippen molar-refractivity contribution in [2.24, 2.45) is 5.92 Å². The molecule has 1 aliphatic rings. The van der Waals surface area contributed by atoms with Crippen LogP contribution >= 0.6 is 15.9 Å². The molecule has 2 aromatic heterocycles. The van der Waals surface area contributed by atoms with Crippen LogP contribution in [0.3, 0.4) is 0 Å². The number of hydrogen-bond acceptors (Lipinski definition) is 3. The van der Waals surface area contributed by atoms with E-state index >= 15 is 0 Å². The molecule has 1 fully saturated rings. The summed E-state index contributed by atoms with van der Waals surface area (Å²) in [6.07, 6.45) is 8.35. The van der Waals surface area contributed by atoms with Gasteiger partial charge in [-0.1, -0.05) is 0 Å². The molecule has 2 aromatic rings. The molecule has 0 aromatic carbocycles. The second kappa shape index (κ2) is 4.31. The van der Waals surface area contributed by atoms with Crippen LogP contribution in [0.2, 0.25) is 0 Å². The third-order valence-corrected chi connectivity index (χ3v) is 4.17. The van der Waals surface area contributed by atoms with Crippen molar-refractivity contribution in [1.82, 2.24) is 19.7 Å². The van der Waals surface area contributed by atoms with E-state index in [1.807, 2.05) is 12.4 Å². The van der Waals surface area contributed by atoms with Crippen molar-refractivity contribution in [2.45, 2.75) is 38.8 Å². The number of nitrogens with one attached hydrogen (secondary N) is 1. The van der Waals surface area contributed by atoms with Crippen LogP contribution in [0.4, 0.5) is 0 Å². The maximum atomic E-state index is 4.36. The molecule has 1 aliphatic carbocycles. The fraction of sp³-hybridized carbons (Fsp3) is 0.538. The van der Waals surface area contributed by atoms with Crippen molar-refractivity contribution in [3.8, 4) is 0 Å². The predicted molar refractivity (Wildman–Crippen MR) is 74.3 cm³/mol. The van der Waals surface area contributed by atoms with Crippen molar-refractivity contribution in [1.29, 1.82) is 0 Å². The SMILES string of the molecule is CC(C)(NCc1cnc2cnc(Br)cn12)C1CC1. The van der Waals surface area contributed by atoms with Gasteiger partial charge in [-0.05, 0) is 48.5 Å². The Hall–Kier alpha value is -0.940. The van der Waals surface area contributed by atoms with E-state index in [1.54, 1.807) is 6.20 Å². The Labute approximate surface area is 115 Å². The monoisotopic (exact) mass is 308 g/mol. The molecule has 0 atom stereocenters. The van der Waals surface area contributed by atoms with Gasteiger partial charge in [-0.15, -0.1) is 0 Å². The van der Waals surface area contributed by atoms with Crippen molar-refractivity contribution in [3.05, 3.63) is 28.9 Å².